The molecule has 3 heterocycles. The average Bonchev–Trinajstić information content (AvgIpc) is 3.09. The van der Waals surface area contributed by atoms with Crippen molar-refractivity contribution in [3.8, 4) is 0 Å². The maximum Gasteiger partial charge on any atom is 0.191 e. The molecule has 0 aliphatic rings. The van der Waals surface area contributed by atoms with Gasteiger partial charge in [-0.3, -0.25) is 9.78 Å². The highest BCUT2D eigenvalue weighted by Gasteiger charge is 2.20. The van der Waals surface area contributed by atoms with E-state index in [4.69, 9.17) is 0 Å². The van der Waals surface area contributed by atoms with Gasteiger partial charge in [-0.1, -0.05) is 18.2 Å². The van der Waals surface area contributed by atoms with Gasteiger partial charge in [-0.05, 0) is 43.3 Å². The van der Waals surface area contributed by atoms with Crippen LogP contribution in [0.2, 0.25) is 0 Å². The number of hydrogen-bond donors (Lipinski definition) is 0. The summed E-state index contributed by atoms with van der Waals surface area (Å²) in [5, 5.41) is 4.56. The van der Waals surface area contributed by atoms with Crippen LogP contribution in [-0.2, 0) is 7.05 Å². The van der Waals surface area contributed by atoms with Gasteiger partial charge in [0.1, 0.15) is 5.65 Å². The summed E-state index contributed by atoms with van der Waals surface area (Å²) in [6.07, 6.45) is 5.00. The molecule has 0 saturated carbocycles. The number of aryl methyl sites for hydroxylation is 2. The predicted molar refractivity (Wildman–Crippen MR) is 94.0 cm³/mol. The first-order valence-electron chi connectivity index (χ1n) is 7.73. The van der Waals surface area contributed by atoms with Gasteiger partial charge < -0.3 is 4.57 Å². The van der Waals surface area contributed by atoms with E-state index in [0.717, 1.165) is 28.1 Å². The molecule has 1 aromatic carbocycles. The van der Waals surface area contributed by atoms with Crippen molar-refractivity contribution in [1.82, 2.24) is 19.2 Å². The minimum absolute atomic E-state index is 0.0703. The Labute approximate surface area is 138 Å². The highest BCUT2D eigenvalue weighted by Crippen LogP contribution is 2.24. The van der Waals surface area contributed by atoms with E-state index in [0.29, 0.717) is 5.56 Å². The molecule has 0 fully saturated rings. The molecule has 0 spiro atoms. The number of pyridine rings is 1. The molecule has 24 heavy (non-hydrogen) atoms. The highest BCUT2D eigenvalue weighted by atomic mass is 16.1. The largest absolute Gasteiger partial charge is 0.327 e. The lowest BCUT2D eigenvalue weighted by Gasteiger charge is -1.99. The number of imidazole rings is 1. The Morgan fingerprint density at radius 2 is 1.83 bits per heavy atom. The summed E-state index contributed by atoms with van der Waals surface area (Å²) < 4.78 is 3.85. The molecule has 0 aliphatic carbocycles. The molecular weight excluding hydrogens is 300 g/mol. The quantitative estimate of drug-likeness (QED) is 0.430. The van der Waals surface area contributed by atoms with E-state index in [1.807, 2.05) is 65.5 Å². The van der Waals surface area contributed by atoms with Gasteiger partial charge in [-0.2, -0.15) is 5.10 Å². The second-order valence-electron chi connectivity index (χ2n) is 5.70. The Bertz CT molecular complexity index is 1090. The van der Waals surface area contributed by atoms with Crippen LogP contribution >= 0.6 is 0 Å². The van der Waals surface area contributed by atoms with E-state index in [1.165, 1.54) is 0 Å². The molecular formula is C19H16N4O. The van der Waals surface area contributed by atoms with Crippen LogP contribution < -0.4 is 0 Å². The van der Waals surface area contributed by atoms with Crippen molar-refractivity contribution in [2.24, 2.45) is 7.05 Å². The Morgan fingerprint density at radius 1 is 1.08 bits per heavy atom. The lowest BCUT2D eigenvalue weighted by atomic mass is 10.1. The summed E-state index contributed by atoms with van der Waals surface area (Å²) >= 11 is 0. The van der Waals surface area contributed by atoms with Gasteiger partial charge in [-0.15, -0.1) is 0 Å². The van der Waals surface area contributed by atoms with Crippen molar-refractivity contribution < 1.29 is 4.79 Å². The first kappa shape index (κ1) is 14.4. The molecule has 0 bridgehead atoms. The summed E-state index contributed by atoms with van der Waals surface area (Å²) in [5.41, 5.74) is 4.95. The van der Waals surface area contributed by atoms with Gasteiger partial charge in [-0.25, -0.2) is 4.52 Å². The van der Waals surface area contributed by atoms with Gasteiger partial charge in [0.15, 0.2) is 5.78 Å². The molecule has 118 valence electrons. The fourth-order valence-electron chi connectivity index (χ4n) is 3.04. The number of nitrogens with zero attached hydrogens (tertiary/aromatic N) is 4. The summed E-state index contributed by atoms with van der Waals surface area (Å²) in [6.45, 7) is 1.86. The molecule has 0 N–H and O–H groups in total. The lowest BCUT2D eigenvalue weighted by molar-refractivity contribution is 0.104. The fraction of sp³-hybridized carbons (Fsp3) is 0.105. The molecule has 0 atom stereocenters. The first-order chi connectivity index (χ1) is 11.7. The standard InChI is InChI=1S/C19H16N4O/c1-13-18(17(24)11-10-14-7-5-6-12-20-14)19-22(2)15-8-3-4-9-16(15)23(19)21-13/h3-12H,1-2H3. The summed E-state index contributed by atoms with van der Waals surface area (Å²) in [5.74, 6) is -0.0703. The van der Waals surface area contributed by atoms with Crippen molar-refractivity contribution in [3.63, 3.8) is 0 Å². The Kier molecular flexibility index (Phi) is 3.27. The van der Waals surface area contributed by atoms with Crippen molar-refractivity contribution >= 4 is 28.5 Å². The van der Waals surface area contributed by atoms with Crippen LogP contribution in [0.15, 0.2) is 54.7 Å². The summed E-state index contributed by atoms with van der Waals surface area (Å²) in [7, 11) is 1.96. The highest BCUT2D eigenvalue weighted by molar-refractivity contribution is 6.12. The second-order valence-corrected chi connectivity index (χ2v) is 5.70. The smallest absolute Gasteiger partial charge is 0.191 e. The van der Waals surface area contributed by atoms with Crippen molar-refractivity contribution in [2.45, 2.75) is 6.92 Å². The van der Waals surface area contributed by atoms with E-state index in [-0.39, 0.29) is 5.78 Å². The predicted octanol–water partition coefficient (Wildman–Crippen LogP) is 3.43. The molecule has 0 saturated heterocycles. The molecule has 0 radical (unpaired) electrons. The summed E-state index contributed by atoms with van der Waals surface area (Å²) in [6, 6.07) is 13.6. The van der Waals surface area contributed by atoms with Crippen LogP contribution in [0.3, 0.4) is 0 Å². The third-order valence-corrected chi connectivity index (χ3v) is 4.16. The first-order valence-corrected chi connectivity index (χ1v) is 7.73. The van der Waals surface area contributed by atoms with E-state index >= 15 is 0 Å². The molecule has 4 rings (SSSR count). The number of carbonyl (C=O) groups excluding carboxylic acids is 1. The fourth-order valence-corrected chi connectivity index (χ4v) is 3.04. The molecule has 0 unspecified atom stereocenters. The molecule has 5 heteroatoms. The molecule has 3 aromatic heterocycles. The lowest BCUT2D eigenvalue weighted by Crippen LogP contribution is -2.00. The van der Waals surface area contributed by atoms with E-state index in [2.05, 4.69) is 10.1 Å². The molecule has 0 aliphatic heterocycles. The minimum atomic E-state index is -0.0703. The van der Waals surface area contributed by atoms with Gasteiger partial charge in [0.2, 0.25) is 0 Å². The zero-order chi connectivity index (χ0) is 16.7. The SMILES string of the molecule is Cc1nn2c3ccccc3n(C)c2c1C(=O)C=Cc1ccccn1. The third kappa shape index (κ3) is 2.13. The van der Waals surface area contributed by atoms with Crippen molar-refractivity contribution in [1.29, 1.82) is 0 Å². The van der Waals surface area contributed by atoms with Gasteiger partial charge >= 0.3 is 0 Å². The van der Waals surface area contributed by atoms with Crippen LogP contribution in [0.4, 0.5) is 0 Å². The molecule has 4 aromatic rings. The van der Waals surface area contributed by atoms with E-state index < -0.39 is 0 Å². The third-order valence-electron chi connectivity index (χ3n) is 4.16. The van der Waals surface area contributed by atoms with Crippen molar-refractivity contribution in [2.75, 3.05) is 0 Å². The number of para-hydroxylation sites is 2. The van der Waals surface area contributed by atoms with Crippen LogP contribution in [0.1, 0.15) is 21.7 Å². The number of allylic oxidation sites excluding steroid dienone is 1. The Balaban J connectivity index is 1.86. The van der Waals surface area contributed by atoms with Crippen LogP contribution in [0, 0.1) is 6.92 Å². The number of benzene rings is 1. The number of aromatic nitrogens is 4. The molecule has 0 amide bonds. The van der Waals surface area contributed by atoms with Crippen LogP contribution in [0.5, 0.6) is 0 Å². The molecule has 5 nitrogen and oxygen atoms in total. The summed E-state index contributed by atoms with van der Waals surface area (Å²) in [4.78, 5) is 17.0. The van der Waals surface area contributed by atoms with E-state index in [1.54, 1.807) is 18.3 Å². The number of rotatable bonds is 3. The average molecular weight is 316 g/mol. The number of carbonyl (C=O) groups is 1. The topological polar surface area (TPSA) is 52.2 Å². The number of ketones is 1. The zero-order valence-corrected chi connectivity index (χ0v) is 13.5. The maximum atomic E-state index is 12.8. The van der Waals surface area contributed by atoms with Gasteiger partial charge in [0.25, 0.3) is 0 Å². The Morgan fingerprint density at radius 3 is 2.58 bits per heavy atom. The Hall–Kier alpha value is -3.21. The zero-order valence-electron chi connectivity index (χ0n) is 13.5. The van der Waals surface area contributed by atoms with E-state index in [9.17, 15) is 4.79 Å². The minimum Gasteiger partial charge on any atom is -0.327 e. The van der Waals surface area contributed by atoms with Crippen LogP contribution in [0.25, 0.3) is 22.8 Å². The monoisotopic (exact) mass is 316 g/mol. The van der Waals surface area contributed by atoms with Gasteiger partial charge in [0, 0.05) is 13.2 Å². The van der Waals surface area contributed by atoms with Crippen molar-refractivity contribution in [3.05, 3.63) is 71.7 Å². The maximum absolute atomic E-state index is 12.8. The van der Waals surface area contributed by atoms with Gasteiger partial charge in [0.05, 0.1) is 28.0 Å². The number of hydrogen-bond acceptors (Lipinski definition) is 3. The number of fused-ring (bicyclic) bond motifs is 3. The normalized spacial score (nSPS) is 11.8. The van der Waals surface area contributed by atoms with Crippen LogP contribution in [-0.4, -0.2) is 24.9 Å². The second kappa shape index (κ2) is 5.45.